The zero-order chi connectivity index (χ0) is 15.2. The first-order valence-corrected chi connectivity index (χ1v) is 6.82. The van der Waals surface area contributed by atoms with E-state index in [1.165, 1.54) is 0 Å². The van der Waals surface area contributed by atoms with E-state index in [0.717, 1.165) is 12.4 Å². The van der Waals surface area contributed by atoms with E-state index in [2.05, 4.69) is 0 Å². The first kappa shape index (κ1) is 15.5. The number of benzene rings is 1. The van der Waals surface area contributed by atoms with Crippen molar-refractivity contribution in [1.82, 2.24) is 0 Å². The SMILES string of the molecule is CC(F)(F)Cc1ccc(B2OC(C)(C)C(C)(C)O2)cc1. The number of alkyl halides is 2. The van der Waals surface area contributed by atoms with Gasteiger partial charge in [-0.1, -0.05) is 24.3 Å². The van der Waals surface area contributed by atoms with Crippen molar-refractivity contribution in [3.8, 4) is 0 Å². The van der Waals surface area contributed by atoms with E-state index in [-0.39, 0.29) is 6.42 Å². The van der Waals surface area contributed by atoms with Crippen LogP contribution in [-0.2, 0) is 15.7 Å². The van der Waals surface area contributed by atoms with E-state index in [4.69, 9.17) is 9.31 Å². The lowest BCUT2D eigenvalue weighted by Gasteiger charge is -2.32. The normalized spacial score (nSPS) is 21.2. The van der Waals surface area contributed by atoms with Gasteiger partial charge in [-0.25, -0.2) is 8.78 Å². The van der Waals surface area contributed by atoms with Crippen molar-refractivity contribution in [1.29, 1.82) is 0 Å². The Bertz CT molecular complexity index is 462. The molecular weight excluding hydrogens is 261 g/mol. The van der Waals surface area contributed by atoms with Crippen molar-refractivity contribution < 1.29 is 18.1 Å². The third kappa shape index (κ3) is 3.21. The highest BCUT2D eigenvalue weighted by molar-refractivity contribution is 6.62. The average molecular weight is 282 g/mol. The number of rotatable bonds is 3. The Labute approximate surface area is 119 Å². The number of hydrogen-bond acceptors (Lipinski definition) is 2. The van der Waals surface area contributed by atoms with Gasteiger partial charge >= 0.3 is 7.12 Å². The fourth-order valence-corrected chi connectivity index (χ4v) is 2.13. The lowest BCUT2D eigenvalue weighted by atomic mass is 9.78. The summed E-state index contributed by atoms with van der Waals surface area (Å²) < 4.78 is 37.8. The van der Waals surface area contributed by atoms with Crippen LogP contribution < -0.4 is 5.46 Å². The molecule has 1 saturated heterocycles. The maximum Gasteiger partial charge on any atom is 0.494 e. The van der Waals surface area contributed by atoms with Crippen molar-refractivity contribution in [2.45, 2.75) is 58.2 Å². The van der Waals surface area contributed by atoms with Crippen LogP contribution in [0.4, 0.5) is 8.78 Å². The first-order chi connectivity index (χ1) is 9.00. The Kier molecular flexibility index (Phi) is 3.72. The molecule has 5 heteroatoms. The Hall–Kier alpha value is -0.935. The van der Waals surface area contributed by atoms with E-state index < -0.39 is 24.2 Å². The second-order valence-corrected chi connectivity index (χ2v) is 6.58. The Balaban J connectivity index is 2.12. The molecule has 0 aliphatic carbocycles. The molecule has 0 bridgehead atoms. The minimum absolute atomic E-state index is 0.253. The minimum Gasteiger partial charge on any atom is -0.399 e. The Morgan fingerprint density at radius 3 is 1.85 bits per heavy atom. The van der Waals surface area contributed by atoms with Gasteiger partial charge in [0.1, 0.15) is 0 Å². The summed E-state index contributed by atoms with van der Waals surface area (Å²) in [6.07, 6.45) is -0.253. The van der Waals surface area contributed by atoms with E-state index >= 15 is 0 Å². The predicted molar refractivity (Wildman–Crippen MR) is 76.5 cm³/mol. The third-order valence-electron chi connectivity index (χ3n) is 4.02. The number of halogens is 2. The molecule has 1 aliphatic rings. The van der Waals surface area contributed by atoms with Crippen molar-refractivity contribution in [3.05, 3.63) is 29.8 Å². The fraction of sp³-hybridized carbons (Fsp3) is 0.600. The molecule has 0 unspecified atom stereocenters. The van der Waals surface area contributed by atoms with Crippen LogP contribution in [0.1, 0.15) is 40.2 Å². The molecule has 1 aliphatic heterocycles. The van der Waals surface area contributed by atoms with Crippen molar-refractivity contribution in [3.63, 3.8) is 0 Å². The summed E-state index contributed by atoms with van der Waals surface area (Å²) in [5.74, 6) is -2.69. The smallest absolute Gasteiger partial charge is 0.399 e. The topological polar surface area (TPSA) is 18.5 Å². The second kappa shape index (κ2) is 4.81. The quantitative estimate of drug-likeness (QED) is 0.793. The fourth-order valence-electron chi connectivity index (χ4n) is 2.13. The molecule has 1 heterocycles. The van der Waals surface area contributed by atoms with Gasteiger partial charge in [0.2, 0.25) is 5.92 Å². The minimum atomic E-state index is -2.69. The van der Waals surface area contributed by atoms with Gasteiger partial charge in [0.25, 0.3) is 0 Å². The van der Waals surface area contributed by atoms with Gasteiger partial charge in [-0.3, -0.25) is 0 Å². The van der Waals surface area contributed by atoms with Gasteiger partial charge in [0.15, 0.2) is 0 Å². The van der Waals surface area contributed by atoms with E-state index in [1.807, 2.05) is 27.7 Å². The van der Waals surface area contributed by atoms with Crippen LogP contribution in [0, 0.1) is 0 Å². The molecule has 0 atom stereocenters. The average Bonchev–Trinajstić information content (AvgIpc) is 2.47. The predicted octanol–water partition coefficient (Wildman–Crippen LogP) is 3.18. The van der Waals surface area contributed by atoms with Crippen LogP contribution in [0.2, 0.25) is 0 Å². The molecule has 0 amide bonds. The zero-order valence-corrected chi connectivity index (χ0v) is 12.7. The lowest BCUT2D eigenvalue weighted by Crippen LogP contribution is -2.41. The van der Waals surface area contributed by atoms with Crippen LogP contribution in [0.15, 0.2) is 24.3 Å². The van der Waals surface area contributed by atoms with Gasteiger partial charge in [-0.05, 0) is 45.6 Å². The van der Waals surface area contributed by atoms with Crippen LogP contribution in [0.3, 0.4) is 0 Å². The maximum atomic E-state index is 13.0. The molecular formula is C15H21BF2O2. The highest BCUT2D eigenvalue weighted by atomic mass is 19.3. The van der Waals surface area contributed by atoms with Crippen LogP contribution in [-0.4, -0.2) is 24.2 Å². The van der Waals surface area contributed by atoms with Gasteiger partial charge in [0.05, 0.1) is 11.2 Å². The first-order valence-electron chi connectivity index (χ1n) is 6.82. The molecule has 110 valence electrons. The molecule has 1 fully saturated rings. The summed E-state index contributed by atoms with van der Waals surface area (Å²) in [5, 5.41) is 0. The van der Waals surface area contributed by atoms with Crippen molar-refractivity contribution in [2.75, 3.05) is 0 Å². The zero-order valence-electron chi connectivity index (χ0n) is 12.7. The molecule has 1 aromatic carbocycles. The Morgan fingerprint density at radius 1 is 1.00 bits per heavy atom. The van der Waals surface area contributed by atoms with Gasteiger partial charge in [-0.15, -0.1) is 0 Å². The largest absolute Gasteiger partial charge is 0.494 e. The Morgan fingerprint density at radius 2 is 1.45 bits per heavy atom. The summed E-state index contributed by atoms with van der Waals surface area (Å²) in [4.78, 5) is 0. The maximum absolute atomic E-state index is 13.0. The molecule has 0 saturated carbocycles. The number of hydrogen-bond donors (Lipinski definition) is 0. The van der Waals surface area contributed by atoms with Crippen molar-refractivity contribution >= 4 is 12.6 Å². The van der Waals surface area contributed by atoms with Crippen LogP contribution in [0.5, 0.6) is 0 Å². The van der Waals surface area contributed by atoms with Gasteiger partial charge < -0.3 is 9.31 Å². The summed E-state index contributed by atoms with van der Waals surface area (Å²) in [7, 11) is -0.448. The lowest BCUT2D eigenvalue weighted by molar-refractivity contribution is 0.00578. The van der Waals surface area contributed by atoms with Crippen molar-refractivity contribution in [2.24, 2.45) is 0 Å². The molecule has 2 nitrogen and oxygen atoms in total. The van der Waals surface area contributed by atoms with Gasteiger partial charge in [0, 0.05) is 6.42 Å². The molecule has 1 aromatic rings. The monoisotopic (exact) mass is 282 g/mol. The molecule has 20 heavy (non-hydrogen) atoms. The summed E-state index contributed by atoms with van der Waals surface area (Å²) in [6.45, 7) is 8.87. The van der Waals surface area contributed by atoms with Crippen LogP contribution in [0.25, 0.3) is 0 Å². The van der Waals surface area contributed by atoms with E-state index in [9.17, 15) is 8.78 Å². The second-order valence-electron chi connectivity index (χ2n) is 6.58. The summed E-state index contributed by atoms with van der Waals surface area (Å²) in [5.41, 5.74) is 0.670. The van der Waals surface area contributed by atoms with E-state index in [0.29, 0.717) is 5.56 Å². The summed E-state index contributed by atoms with van der Waals surface area (Å²) >= 11 is 0. The van der Waals surface area contributed by atoms with E-state index in [1.54, 1.807) is 24.3 Å². The summed E-state index contributed by atoms with van der Waals surface area (Å²) in [6, 6.07) is 7.00. The molecule has 0 radical (unpaired) electrons. The molecule has 0 aromatic heterocycles. The molecule has 0 spiro atoms. The van der Waals surface area contributed by atoms with Crippen LogP contribution >= 0.6 is 0 Å². The molecule has 0 N–H and O–H groups in total. The highest BCUT2D eigenvalue weighted by Gasteiger charge is 2.51. The highest BCUT2D eigenvalue weighted by Crippen LogP contribution is 2.36. The standard InChI is InChI=1S/C15H21BF2O2/c1-13(2)14(3,4)20-16(19-13)12-8-6-11(7-9-12)10-15(5,17)18/h6-9H,10H2,1-5H3. The van der Waals surface area contributed by atoms with Gasteiger partial charge in [-0.2, -0.15) is 0 Å². The molecule has 2 rings (SSSR count). The third-order valence-corrected chi connectivity index (χ3v) is 4.02.